The van der Waals surface area contributed by atoms with Gasteiger partial charge in [-0.3, -0.25) is 4.79 Å². The maximum Gasteiger partial charge on any atom is 0.265 e. The Hall–Kier alpha value is -2.23. The van der Waals surface area contributed by atoms with Gasteiger partial charge in [-0.25, -0.2) is 9.37 Å². The van der Waals surface area contributed by atoms with Crippen LogP contribution in [0.25, 0.3) is 0 Å². The zero-order valence-corrected chi connectivity index (χ0v) is 13.1. The molecule has 1 N–H and O–H groups in total. The minimum atomic E-state index is -0.375. The molecule has 0 aliphatic carbocycles. The zero-order valence-electron chi connectivity index (χ0n) is 12.3. The molecule has 2 heterocycles. The number of aliphatic hydroxyl groups excluding tert-OH is 1. The summed E-state index contributed by atoms with van der Waals surface area (Å²) in [6, 6.07) is 6.28. The standard InChI is InChI=1S/C17H15FN2O2S/c18-14-4-2-1-3-12(14)5-6-16-19-11-15(23-16)17(22)20-9-7-13(21)8-10-20/h1-4,11,13,21H,7-10H2. The van der Waals surface area contributed by atoms with Crippen LogP contribution >= 0.6 is 11.3 Å². The Morgan fingerprint density at radius 1 is 1.30 bits per heavy atom. The average Bonchev–Trinajstić information content (AvgIpc) is 3.03. The smallest absolute Gasteiger partial charge is 0.265 e. The molecule has 1 aliphatic heterocycles. The van der Waals surface area contributed by atoms with E-state index in [1.807, 2.05) is 0 Å². The minimum Gasteiger partial charge on any atom is -0.393 e. The molecule has 1 aromatic carbocycles. The first-order valence-electron chi connectivity index (χ1n) is 7.33. The fraction of sp³-hybridized carbons (Fsp3) is 0.294. The van der Waals surface area contributed by atoms with Crippen molar-refractivity contribution >= 4 is 17.2 Å². The molecule has 0 unspecified atom stereocenters. The Kier molecular flexibility index (Phi) is 4.70. The fourth-order valence-corrected chi connectivity index (χ4v) is 3.08. The van der Waals surface area contributed by atoms with Crippen LogP contribution in [-0.2, 0) is 0 Å². The van der Waals surface area contributed by atoms with E-state index in [4.69, 9.17) is 0 Å². The molecule has 118 valence electrons. The first kappa shape index (κ1) is 15.7. The van der Waals surface area contributed by atoms with Crippen LogP contribution in [0.4, 0.5) is 4.39 Å². The van der Waals surface area contributed by atoms with Gasteiger partial charge in [-0.2, -0.15) is 0 Å². The number of rotatable bonds is 1. The summed E-state index contributed by atoms with van der Waals surface area (Å²) in [5.74, 6) is 5.06. The molecule has 1 fully saturated rings. The molecule has 4 nitrogen and oxygen atoms in total. The number of thiazole rings is 1. The van der Waals surface area contributed by atoms with Crippen LogP contribution in [0.1, 0.15) is 33.1 Å². The van der Waals surface area contributed by atoms with Gasteiger partial charge in [0.1, 0.15) is 10.7 Å². The zero-order chi connectivity index (χ0) is 16.2. The van der Waals surface area contributed by atoms with Crippen molar-refractivity contribution in [2.75, 3.05) is 13.1 Å². The van der Waals surface area contributed by atoms with Gasteiger partial charge in [0.05, 0.1) is 17.9 Å². The topological polar surface area (TPSA) is 53.4 Å². The summed E-state index contributed by atoms with van der Waals surface area (Å²) in [5, 5.41) is 9.97. The molecule has 0 spiro atoms. The molecule has 0 saturated carbocycles. The number of carbonyl (C=O) groups excluding carboxylic acids is 1. The second-order valence-corrected chi connectivity index (χ2v) is 6.31. The van der Waals surface area contributed by atoms with E-state index in [0.29, 0.717) is 41.4 Å². The Morgan fingerprint density at radius 2 is 2.04 bits per heavy atom. The first-order chi connectivity index (χ1) is 11.1. The summed E-state index contributed by atoms with van der Waals surface area (Å²) in [5.41, 5.74) is 0.306. The van der Waals surface area contributed by atoms with Crippen molar-refractivity contribution in [3.8, 4) is 11.8 Å². The third kappa shape index (κ3) is 3.76. The Labute approximate surface area is 137 Å². The Morgan fingerprint density at radius 3 is 2.78 bits per heavy atom. The highest BCUT2D eigenvalue weighted by atomic mass is 32.1. The molecular weight excluding hydrogens is 315 g/mol. The van der Waals surface area contributed by atoms with E-state index in [1.165, 1.54) is 23.6 Å². The molecular formula is C17H15FN2O2S. The van der Waals surface area contributed by atoms with Gasteiger partial charge >= 0.3 is 0 Å². The minimum absolute atomic E-state index is 0.0895. The normalized spacial score (nSPS) is 15.1. The number of piperidine rings is 1. The number of nitrogens with zero attached hydrogens (tertiary/aromatic N) is 2. The lowest BCUT2D eigenvalue weighted by Crippen LogP contribution is -2.39. The van der Waals surface area contributed by atoms with Crippen LogP contribution in [0.5, 0.6) is 0 Å². The van der Waals surface area contributed by atoms with E-state index < -0.39 is 0 Å². The van der Waals surface area contributed by atoms with Crippen molar-refractivity contribution in [1.29, 1.82) is 0 Å². The van der Waals surface area contributed by atoms with E-state index in [0.717, 1.165) is 0 Å². The predicted molar refractivity (Wildman–Crippen MR) is 85.6 cm³/mol. The van der Waals surface area contributed by atoms with Gasteiger partial charge in [0, 0.05) is 13.1 Å². The van der Waals surface area contributed by atoms with E-state index in [-0.39, 0.29) is 17.8 Å². The lowest BCUT2D eigenvalue weighted by molar-refractivity contribution is 0.0550. The lowest BCUT2D eigenvalue weighted by Gasteiger charge is -2.29. The van der Waals surface area contributed by atoms with Crippen molar-refractivity contribution in [3.05, 3.63) is 51.7 Å². The van der Waals surface area contributed by atoms with Gasteiger partial charge in [-0.05, 0) is 30.9 Å². The number of benzene rings is 1. The number of amides is 1. The summed E-state index contributed by atoms with van der Waals surface area (Å²) in [6.45, 7) is 1.10. The van der Waals surface area contributed by atoms with Crippen LogP contribution in [0.2, 0.25) is 0 Å². The Bertz CT molecular complexity index is 770. The molecule has 23 heavy (non-hydrogen) atoms. The summed E-state index contributed by atoms with van der Waals surface area (Å²) in [6.07, 6.45) is 2.39. The number of halogens is 1. The quantitative estimate of drug-likeness (QED) is 0.816. The summed E-state index contributed by atoms with van der Waals surface area (Å²) in [4.78, 5) is 18.7. The number of likely N-dealkylation sites (tertiary alicyclic amines) is 1. The van der Waals surface area contributed by atoms with Gasteiger partial charge in [-0.1, -0.05) is 18.1 Å². The molecule has 0 atom stereocenters. The highest BCUT2D eigenvalue weighted by Crippen LogP contribution is 2.18. The third-order valence-electron chi connectivity index (χ3n) is 3.65. The Balaban J connectivity index is 1.71. The number of hydrogen-bond acceptors (Lipinski definition) is 4. The second kappa shape index (κ2) is 6.90. The van der Waals surface area contributed by atoms with Gasteiger partial charge in [0.2, 0.25) is 0 Å². The molecule has 0 radical (unpaired) electrons. The molecule has 1 aromatic heterocycles. The first-order valence-corrected chi connectivity index (χ1v) is 8.15. The van der Waals surface area contributed by atoms with Crippen molar-refractivity contribution in [3.63, 3.8) is 0 Å². The molecule has 1 saturated heterocycles. The van der Waals surface area contributed by atoms with E-state index >= 15 is 0 Å². The predicted octanol–water partition coefficient (Wildman–Crippen LogP) is 2.28. The highest BCUT2D eigenvalue weighted by molar-refractivity contribution is 7.14. The maximum atomic E-state index is 13.5. The summed E-state index contributed by atoms with van der Waals surface area (Å²) < 4.78 is 13.5. The van der Waals surface area contributed by atoms with E-state index in [2.05, 4.69) is 16.8 Å². The van der Waals surface area contributed by atoms with Gasteiger partial charge < -0.3 is 10.0 Å². The summed E-state index contributed by atoms with van der Waals surface area (Å²) >= 11 is 1.20. The maximum absolute atomic E-state index is 13.5. The second-order valence-electron chi connectivity index (χ2n) is 5.28. The van der Waals surface area contributed by atoms with Crippen molar-refractivity contribution in [2.45, 2.75) is 18.9 Å². The molecule has 1 amide bonds. The van der Waals surface area contributed by atoms with Gasteiger partial charge in [-0.15, -0.1) is 11.3 Å². The number of hydrogen-bond donors (Lipinski definition) is 1. The number of aliphatic hydroxyl groups is 1. The van der Waals surface area contributed by atoms with Gasteiger partial charge in [0.25, 0.3) is 5.91 Å². The molecule has 6 heteroatoms. The third-order valence-corrected chi connectivity index (χ3v) is 4.55. The molecule has 2 aromatic rings. The number of aromatic nitrogens is 1. The molecule has 1 aliphatic rings. The molecule has 3 rings (SSSR count). The van der Waals surface area contributed by atoms with E-state index in [9.17, 15) is 14.3 Å². The van der Waals surface area contributed by atoms with Crippen LogP contribution < -0.4 is 0 Å². The fourth-order valence-electron chi connectivity index (χ4n) is 2.34. The van der Waals surface area contributed by atoms with Crippen LogP contribution in [0.3, 0.4) is 0 Å². The van der Waals surface area contributed by atoms with Gasteiger partial charge in [0.15, 0.2) is 5.01 Å². The summed E-state index contributed by atoms with van der Waals surface area (Å²) in [7, 11) is 0. The van der Waals surface area contributed by atoms with Crippen molar-refractivity contribution < 1.29 is 14.3 Å². The van der Waals surface area contributed by atoms with E-state index in [1.54, 1.807) is 23.1 Å². The molecule has 0 bridgehead atoms. The van der Waals surface area contributed by atoms with Crippen molar-refractivity contribution in [2.24, 2.45) is 0 Å². The van der Waals surface area contributed by atoms with Crippen LogP contribution in [-0.4, -0.2) is 40.1 Å². The highest BCUT2D eigenvalue weighted by Gasteiger charge is 2.23. The lowest BCUT2D eigenvalue weighted by atomic mass is 10.1. The van der Waals surface area contributed by atoms with Crippen LogP contribution in [0.15, 0.2) is 30.5 Å². The average molecular weight is 330 g/mol. The van der Waals surface area contributed by atoms with Crippen LogP contribution in [0, 0.1) is 17.7 Å². The monoisotopic (exact) mass is 330 g/mol. The number of carbonyl (C=O) groups is 1. The largest absolute Gasteiger partial charge is 0.393 e. The van der Waals surface area contributed by atoms with Crippen molar-refractivity contribution in [1.82, 2.24) is 9.88 Å². The SMILES string of the molecule is O=C(c1cnc(C#Cc2ccccc2F)s1)N1CCC(O)CC1.